The van der Waals surface area contributed by atoms with Gasteiger partial charge < -0.3 is 20.6 Å². The van der Waals surface area contributed by atoms with E-state index in [1.165, 1.54) is 12.8 Å². The molecule has 3 N–H and O–H groups in total. The Hall–Kier alpha value is -0.810. The topological polar surface area (TPSA) is 71.1 Å². The summed E-state index contributed by atoms with van der Waals surface area (Å²) in [4.78, 5) is 2.38. The highest BCUT2D eigenvalue weighted by atomic mass is 16.5. The number of hydrogen-bond acceptors (Lipinski definition) is 4. The number of nitrogens with two attached hydrogens (primary N) is 1. The molecular weight excluding hydrogens is 230 g/mol. The van der Waals surface area contributed by atoms with Crippen LogP contribution >= 0.6 is 0 Å². The van der Waals surface area contributed by atoms with Crippen LogP contribution in [0.15, 0.2) is 5.16 Å². The van der Waals surface area contributed by atoms with Crippen LogP contribution in [0.4, 0.5) is 0 Å². The fraction of sp³-hybridized carbons (Fsp3) is 0.923. The molecule has 0 aromatic heterocycles. The molecule has 1 fully saturated rings. The molecule has 1 saturated heterocycles. The van der Waals surface area contributed by atoms with E-state index in [1.807, 2.05) is 13.8 Å². The molecule has 5 heteroatoms. The van der Waals surface area contributed by atoms with E-state index in [4.69, 9.17) is 15.7 Å². The average molecular weight is 257 g/mol. The summed E-state index contributed by atoms with van der Waals surface area (Å²) < 4.78 is 5.66. The fourth-order valence-corrected chi connectivity index (χ4v) is 2.16. The molecule has 0 saturated carbocycles. The van der Waals surface area contributed by atoms with Crippen molar-refractivity contribution in [2.45, 2.75) is 46.1 Å². The highest BCUT2D eigenvalue weighted by Crippen LogP contribution is 2.21. The highest BCUT2D eigenvalue weighted by Gasteiger charge is 2.25. The van der Waals surface area contributed by atoms with E-state index in [9.17, 15) is 0 Å². The van der Waals surface area contributed by atoms with Gasteiger partial charge in [-0.3, -0.25) is 0 Å². The molecule has 5 nitrogen and oxygen atoms in total. The van der Waals surface area contributed by atoms with Gasteiger partial charge in [0, 0.05) is 18.6 Å². The van der Waals surface area contributed by atoms with Crippen molar-refractivity contribution in [1.82, 2.24) is 4.90 Å². The first-order valence-corrected chi connectivity index (χ1v) is 6.81. The van der Waals surface area contributed by atoms with Crippen LogP contribution in [0, 0.1) is 5.41 Å². The van der Waals surface area contributed by atoms with Gasteiger partial charge in [0.15, 0.2) is 0 Å². The van der Waals surface area contributed by atoms with Crippen LogP contribution in [-0.2, 0) is 4.74 Å². The van der Waals surface area contributed by atoms with E-state index in [0.29, 0.717) is 11.9 Å². The molecule has 0 bridgehead atoms. The average Bonchev–Trinajstić information content (AvgIpc) is 2.86. The fourth-order valence-electron chi connectivity index (χ4n) is 2.16. The number of amidine groups is 1. The summed E-state index contributed by atoms with van der Waals surface area (Å²) in [6.45, 7) is 10.0. The molecule has 18 heavy (non-hydrogen) atoms. The molecule has 0 radical (unpaired) electrons. The molecule has 0 aromatic carbocycles. The van der Waals surface area contributed by atoms with Gasteiger partial charge >= 0.3 is 0 Å². The zero-order valence-corrected chi connectivity index (χ0v) is 11.9. The lowest BCUT2D eigenvalue weighted by molar-refractivity contribution is 0.0723. The van der Waals surface area contributed by atoms with E-state index in [0.717, 1.165) is 32.7 Å². The lowest BCUT2D eigenvalue weighted by Crippen LogP contribution is -2.38. The van der Waals surface area contributed by atoms with Crippen molar-refractivity contribution >= 4 is 5.84 Å². The van der Waals surface area contributed by atoms with Crippen molar-refractivity contribution < 1.29 is 9.94 Å². The first-order chi connectivity index (χ1) is 8.49. The third-order valence-electron chi connectivity index (χ3n) is 3.79. The first-order valence-electron chi connectivity index (χ1n) is 6.81. The quantitative estimate of drug-likeness (QED) is 0.315. The largest absolute Gasteiger partial charge is 0.409 e. The van der Waals surface area contributed by atoms with Gasteiger partial charge in [0.25, 0.3) is 0 Å². The number of nitrogens with zero attached hydrogens (tertiary/aromatic N) is 2. The van der Waals surface area contributed by atoms with E-state index in [1.54, 1.807) is 0 Å². The molecule has 0 amide bonds. The summed E-state index contributed by atoms with van der Waals surface area (Å²) in [5.74, 6) is 0.302. The Labute approximate surface area is 110 Å². The number of rotatable bonds is 7. The van der Waals surface area contributed by atoms with Gasteiger partial charge in [-0.15, -0.1) is 0 Å². The van der Waals surface area contributed by atoms with Gasteiger partial charge in [-0.05, 0) is 32.4 Å². The Bertz CT molecular complexity index is 273. The van der Waals surface area contributed by atoms with Crippen molar-refractivity contribution in [1.29, 1.82) is 0 Å². The lowest BCUT2D eigenvalue weighted by atomic mass is 9.88. The van der Waals surface area contributed by atoms with Crippen LogP contribution in [-0.4, -0.2) is 48.3 Å². The van der Waals surface area contributed by atoms with Gasteiger partial charge in [0.2, 0.25) is 0 Å². The predicted molar refractivity (Wildman–Crippen MR) is 72.9 cm³/mol. The van der Waals surface area contributed by atoms with E-state index >= 15 is 0 Å². The summed E-state index contributed by atoms with van der Waals surface area (Å²) in [5, 5.41) is 11.9. The van der Waals surface area contributed by atoms with Crippen LogP contribution in [0.3, 0.4) is 0 Å². The maximum atomic E-state index is 8.75. The number of oxime groups is 1. The number of likely N-dealkylation sites (N-methyl/N-ethyl adjacent to an activating group) is 1. The first kappa shape index (κ1) is 15.2. The summed E-state index contributed by atoms with van der Waals surface area (Å²) >= 11 is 0. The van der Waals surface area contributed by atoms with Crippen LogP contribution in [0.5, 0.6) is 0 Å². The van der Waals surface area contributed by atoms with Crippen LogP contribution in [0.2, 0.25) is 0 Å². The second-order valence-corrected chi connectivity index (χ2v) is 5.65. The standard InChI is InChI=1S/C13H27N3O2/c1-4-16(10-11-6-5-9-18-11)8-7-13(2,3)12(14)15-17/h11,17H,4-10H2,1-3H3,(H2,14,15). The monoisotopic (exact) mass is 257 g/mol. The van der Waals surface area contributed by atoms with Gasteiger partial charge in [-0.2, -0.15) is 0 Å². The molecule has 1 aliphatic rings. The Kier molecular flexibility index (Phi) is 5.88. The maximum Gasteiger partial charge on any atom is 0.144 e. The van der Waals surface area contributed by atoms with Crippen molar-refractivity contribution in [2.24, 2.45) is 16.3 Å². The van der Waals surface area contributed by atoms with Crippen molar-refractivity contribution in [3.63, 3.8) is 0 Å². The van der Waals surface area contributed by atoms with E-state index in [-0.39, 0.29) is 5.41 Å². The molecule has 0 spiro atoms. The van der Waals surface area contributed by atoms with E-state index in [2.05, 4.69) is 17.0 Å². The molecule has 0 aromatic rings. The Morgan fingerprint density at radius 2 is 2.28 bits per heavy atom. The zero-order chi connectivity index (χ0) is 13.6. The number of ether oxygens (including phenoxy) is 1. The molecule has 0 aliphatic carbocycles. The van der Waals surface area contributed by atoms with Gasteiger partial charge in [-0.25, -0.2) is 0 Å². The molecule has 1 aliphatic heterocycles. The minimum absolute atomic E-state index is 0.265. The summed E-state index contributed by atoms with van der Waals surface area (Å²) in [5.41, 5.74) is 5.43. The third-order valence-corrected chi connectivity index (χ3v) is 3.79. The van der Waals surface area contributed by atoms with Gasteiger partial charge in [0.1, 0.15) is 5.84 Å². The maximum absolute atomic E-state index is 8.75. The Morgan fingerprint density at radius 1 is 1.56 bits per heavy atom. The SMILES string of the molecule is CCN(CCC(C)(C)C(N)=NO)CC1CCCO1. The second kappa shape index (κ2) is 6.95. The summed E-state index contributed by atoms with van der Waals surface area (Å²) in [6, 6.07) is 0. The van der Waals surface area contributed by atoms with Crippen LogP contribution < -0.4 is 5.73 Å². The molecule has 106 valence electrons. The van der Waals surface area contributed by atoms with Crippen LogP contribution in [0.1, 0.15) is 40.0 Å². The summed E-state index contributed by atoms with van der Waals surface area (Å²) in [7, 11) is 0. The molecule has 1 atom stereocenters. The zero-order valence-electron chi connectivity index (χ0n) is 11.9. The Balaban J connectivity index is 2.38. The normalized spacial score (nSPS) is 21.8. The minimum Gasteiger partial charge on any atom is -0.409 e. The minimum atomic E-state index is -0.265. The summed E-state index contributed by atoms with van der Waals surface area (Å²) in [6.07, 6.45) is 3.61. The highest BCUT2D eigenvalue weighted by molar-refractivity contribution is 5.85. The van der Waals surface area contributed by atoms with Crippen molar-refractivity contribution in [2.75, 3.05) is 26.2 Å². The third kappa shape index (κ3) is 4.46. The smallest absolute Gasteiger partial charge is 0.144 e. The molecule has 1 unspecified atom stereocenters. The van der Waals surface area contributed by atoms with Gasteiger partial charge in [-0.1, -0.05) is 25.9 Å². The van der Waals surface area contributed by atoms with Crippen molar-refractivity contribution in [3.05, 3.63) is 0 Å². The number of hydrogen-bond donors (Lipinski definition) is 2. The molecular formula is C13H27N3O2. The molecule has 1 rings (SSSR count). The van der Waals surface area contributed by atoms with Crippen LogP contribution in [0.25, 0.3) is 0 Å². The van der Waals surface area contributed by atoms with E-state index < -0.39 is 0 Å². The predicted octanol–water partition coefficient (Wildman–Crippen LogP) is 1.65. The lowest BCUT2D eigenvalue weighted by Gasteiger charge is -2.29. The Morgan fingerprint density at radius 3 is 2.78 bits per heavy atom. The van der Waals surface area contributed by atoms with Gasteiger partial charge in [0.05, 0.1) is 6.10 Å². The molecule has 1 heterocycles. The van der Waals surface area contributed by atoms with Crippen molar-refractivity contribution in [3.8, 4) is 0 Å². The second-order valence-electron chi connectivity index (χ2n) is 5.65.